The van der Waals surface area contributed by atoms with Gasteiger partial charge >= 0.3 is 0 Å². The number of amides is 2. The first-order valence-corrected chi connectivity index (χ1v) is 8.27. The number of rotatable bonds is 6. The number of benzene rings is 2. The molecule has 1 heterocycles. The van der Waals surface area contributed by atoms with Crippen molar-refractivity contribution >= 4 is 23.2 Å². The number of hydrogen-bond donors (Lipinski definition) is 2. The highest BCUT2D eigenvalue weighted by Crippen LogP contribution is 2.35. The van der Waals surface area contributed by atoms with Gasteiger partial charge in [-0.1, -0.05) is 12.1 Å². The van der Waals surface area contributed by atoms with Crippen molar-refractivity contribution in [2.24, 2.45) is 5.73 Å². The van der Waals surface area contributed by atoms with Gasteiger partial charge in [-0.05, 0) is 42.3 Å². The van der Waals surface area contributed by atoms with Gasteiger partial charge in [0, 0.05) is 18.7 Å². The third-order valence-electron chi connectivity index (χ3n) is 4.36. The van der Waals surface area contributed by atoms with Crippen LogP contribution in [-0.4, -0.2) is 25.0 Å². The molecule has 2 aromatic rings. The standard InChI is InChI=1S/C19H20FN3O3/c1-26-17-7-5-12(11-22-14-4-2-3-13(20)10-14)9-16(17)23-15(19(21)25)6-8-18(23)24/h2-5,7,9-10,15,22H,6,8,11H2,1H3,(H2,21,25). The molecule has 0 aromatic heterocycles. The maximum Gasteiger partial charge on any atom is 0.240 e. The first-order chi connectivity index (χ1) is 12.5. The molecule has 1 unspecified atom stereocenters. The molecule has 1 aliphatic heterocycles. The quantitative estimate of drug-likeness (QED) is 0.832. The van der Waals surface area contributed by atoms with Gasteiger partial charge in [-0.2, -0.15) is 0 Å². The Morgan fingerprint density at radius 1 is 1.35 bits per heavy atom. The fourth-order valence-electron chi connectivity index (χ4n) is 3.09. The Labute approximate surface area is 150 Å². The largest absolute Gasteiger partial charge is 0.495 e. The Bertz CT molecular complexity index is 841. The van der Waals surface area contributed by atoms with Gasteiger partial charge in [0.15, 0.2) is 0 Å². The molecule has 1 aliphatic rings. The highest BCUT2D eigenvalue weighted by Gasteiger charge is 2.37. The monoisotopic (exact) mass is 357 g/mol. The van der Waals surface area contributed by atoms with Crippen molar-refractivity contribution in [3.8, 4) is 5.75 Å². The summed E-state index contributed by atoms with van der Waals surface area (Å²) < 4.78 is 18.6. The zero-order chi connectivity index (χ0) is 18.7. The number of ether oxygens (including phenoxy) is 1. The van der Waals surface area contributed by atoms with E-state index in [1.54, 1.807) is 24.3 Å². The van der Waals surface area contributed by atoms with Gasteiger partial charge in [0.2, 0.25) is 11.8 Å². The van der Waals surface area contributed by atoms with Crippen LogP contribution < -0.4 is 20.7 Å². The van der Waals surface area contributed by atoms with Crippen molar-refractivity contribution in [1.82, 2.24) is 0 Å². The van der Waals surface area contributed by atoms with Crippen molar-refractivity contribution in [3.05, 3.63) is 53.8 Å². The second-order valence-corrected chi connectivity index (χ2v) is 6.09. The average molecular weight is 357 g/mol. The Morgan fingerprint density at radius 2 is 2.15 bits per heavy atom. The summed E-state index contributed by atoms with van der Waals surface area (Å²) in [4.78, 5) is 25.4. The van der Waals surface area contributed by atoms with E-state index in [4.69, 9.17) is 10.5 Å². The van der Waals surface area contributed by atoms with Crippen LogP contribution in [0.25, 0.3) is 0 Å². The Morgan fingerprint density at radius 3 is 2.85 bits per heavy atom. The minimum absolute atomic E-state index is 0.165. The van der Waals surface area contributed by atoms with E-state index in [0.29, 0.717) is 30.1 Å². The van der Waals surface area contributed by atoms with E-state index in [0.717, 1.165) is 5.56 Å². The molecule has 136 valence electrons. The van der Waals surface area contributed by atoms with Crippen LogP contribution in [0.4, 0.5) is 15.8 Å². The van der Waals surface area contributed by atoms with Gasteiger partial charge in [-0.25, -0.2) is 4.39 Å². The molecule has 2 aromatic carbocycles. The Kier molecular flexibility index (Phi) is 5.06. The first kappa shape index (κ1) is 17.7. The van der Waals surface area contributed by atoms with E-state index in [9.17, 15) is 14.0 Å². The number of methoxy groups -OCH3 is 1. The van der Waals surface area contributed by atoms with E-state index < -0.39 is 11.9 Å². The molecule has 0 bridgehead atoms. The topological polar surface area (TPSA) is 84.7 Å². The zero-order valence-electron chi connectivity index (χ0n) is 14.4. The predicted octanol–water partition coefficient (Wildman–Crippen LogP) is 2.43. The van der Waals surface area contributed by atoms with Gasteiger partial charge < -0.3 is 15.8 Å². The number of nitrogens with zero attached hydrogens (tertiary/aromatic N) is 1. The molecular formula is C19H20FN3O3. The van der Waals surface area contributed by atoms with Gasteiger partial charge in [0.1, 0.15) is 17.6 Å². The summed E-state index contributed by atoms with van der Waals surface area (Å²) in [7, 11) is 1.50. The molecule has 1 fully saturated rings. The lowest BCUT2D eigenvalue weighted by molar-refractivity contribution is -0.121. The van der Waals surface area contributed by atoms with Crippen molar-refractivity contribution in [2.45, 2.75) is 25.4 Å². The lowest BCUT2D eigenvalue weighted by Gasteiger charge is -2.25. The van der Waals surface area contributed by atoms with Crippen LogP contribution >= 0.6 is 0 Å². The second kappa shape index (κ2) is 7.43. The Hall–Kier alpha value is -3.09. The third kappa shape index (κ3) is 3.61. The maximum atomic E-state index is 13.3. The number of anilines is 2. The van der Waals surface area contributed by atoms with Crippen LogP contribution in [0.1, 0.15) is 18.4 Å². The SMILES string of the molecule is COc1ccc(CNc2cccc(F)c2)cc1N1C(=O)CCC1C(N)=O. The van der Waals surface area contributed by atoms with Gasteiger partial charge in [-0.15, -0.1) is 0 Å². The maximum absolute atomic E-state index is 13.3. The molecule has 0 aliphatic carbocycles. The van der Waals surface area contributed by atoms with E-state index in [1.807, 2.05) is 6.07 Å². The number of hydrogen-bond acceptors (Lipinski definition) is 4. The summed E-state index contributed by atoms with van der Waals surface area (Å²) in [5.74, 6) is -0.540. The number of carbonyl (C=O) groups excluding carboxylic acids is 2. The average Bonchev–Trinajstić information content (AvgIpc) is 3.01. The molecule has 1 atom stereocenters. The lowest BCUT2D eigenvalue weighted by atomic mass is 10.1. The molecule has 0 saturated carbocycles. The third-order valence-corrected chi connectivity index (χ3v) is 4.36. The number of halogens is 1. The first-order valence-electron chi connectivity index (χ1n) is 8.27. The molecule has 7 heteroatoms. The Balaban J connectivity index is 1.86. The van der Waals surface area contributed by atoms with Crippen LogP contribution in [-0.2, 0) is 16.1 Å². The normalized spacial score (nSPS) is 16.6. The van der Waals surface area contributed by atoms with Gasteiger partial charge in [0.05, 0.1) is 12.8 Å². The second-order valence-electron chi connectivity index (χ2n) is 6.09. The molecule has 26 heavy (non-hydrogen) atoms. The smallest absolute Gasteiger partial charge is 0.240 e. The molecule has 3 rings (SSSR count). The van der Waals surface area contributed by atoms with Crippen molar-refractivity contribution in [1.29, 1.82) is 0 Å². The summed E-state index contributed by atoms with van der Waals surface area (Å²) in [5.41, 5.74) is 7.46. The molecule has 0 radical (unpaired) electrons. The van der Waals surface area contributed by atoms with E-state index in [-0.39, 0.29) is 18.1 Å². The van der Waals surface area contributed by atoms with E-state index in [1.165, 1.54) is 24.1 Å². The van der Waals surface area contributed by atoms with Gasteiger partial charge in [-0.3, -0.25) is 14.5 Å². The molecular weight excluding hydrogens is 337 g/mol. The van der Waals surface area contributed by atoms with Crippen LogP contribution in [0.15, 0.2) is 42.5 Å². The van der Waals surface area contributed by atoms with Gasteiger partial charge in [0.25, 0.3) is 0 Å². The fourth-order valence-corrected chi connectivity index (χ4v) is 3.09. The van der Waals surface area contributed by atoms with Crippen molar-refractivity contribution < 1.29 is 18.7 Å². The molecule has 3 N–H and O–H groups in total. The lowest BCUT2D eigenvalue weighted by Crippen LogP contribution is -2.42. The minimum Gasteiger partial charge on any atom is -0.495 e. The van der Waals surface area contributed by atoms with Crippen LogP contribution in [0.3, 0.4) is 0 Å². The van der Waals surface area contributed by atoms with Crippen molar-refractivity contribution in [2.75, 3.05) is 17.3 Å². The number of nitrogens with one attached hydrogen (secondary N) is 1. The molecule has 0 spiro atoms. The summed E-state index contributed by atoms with van der Waals surface area (Å²) in [5, 5.41) is 3.13. The molecule has 1 saturated heterocycles. The zero-order valence-corrected chi connectivity index (χ0v) is 14.4. The number of carbonyl (C=O) groups is 2. The van der Waals surface area contributed by atoms with Crippen molar-refractivity contribution in [3.63, 3.8) is 0 Å². The highest BCUT2D eigenvalue weighted by atomic mass is 19.1. The number of nitrogens with two attached hydrogens (primary N) is 1. The van der Waals surface area contributed by atoms with Crippen LogP contribution in [0, 0.1) is 5.82 Å². The fraction of sp³-hybridized carbons (Fsp3) is 0.263. The minimum atomic E-state index is -0.678. The summed E-state index contributed by atoms with van der Waals surface area (Å²) >= 11 is 0. The molecule has 2 amide bonds. The summed E-state index contributed by atoms with van der Waals surface area (Å²) in [6, 6.07) is 10.8. The van der Waals surface area contributed by atoms with Crippen LogP contribution in [0.2, 0.25) is 0 Å². The predicted molar refractivity (Wildman–Crippen MR) is 96.4 cm³/mol. The summed E-state index contributed by atoms with van der Waals surface area (Å²) in [6.07, 6.45) is 0.658. The van der Waals surface area contributed by atoms with Crippen LogP contribution in [0.5, 0.6) is 5.75 Å². The highest BCUT2D eigenvalue weighted by molar-refractivity contribution is 6.04. The van der Waals surface area contributed by atoms with E-state index >= 15 is 0 Å². The molecule has 6 nitrogen and oxygen atoms in total. The van der Waals surface area contributed by atoms with E-state index in [2.05, 4.69) is 5.32 Å². The number of primary amides is 1. The summed E-state index contributed by atoms with van der Waals surface area (Å²) in [6.45, 7) is 0.420.